The molecule has 0 radical (unpaired) electrons. The average Bonchev–Trinajstić information content (AvgIpc) is 2.68. The average molecular weight is 380 g/mol. The predicted octanol–water partition coefficient (Wildman–Crippen LogP) is 4.56. The van der Waals surface area contributed by atoms with Gasteiger partial charge < -0.3 is 14.6 Å². The summed E-state index contributed by atoms with van der Waals surface area (Å²) in [5.74, 6) is 0.507. The van der Waals surface area contributed by atoms with Gasteiger partial charge in [-0.2, -0.15) is 0 Å². The molecule has 0 bridgehead atoms. The summed E-state index contributed by atoms with van der Waals surface area (Å²) in [5.41, 5.74) is 2.39. The van der Waals surface area contributed by atoms with Gasteiger partial charge in [0.15, 0.2) is 5.78 Å². The van der Waals surface area contributed by atoms with Gasteiger partial charge in [-0.05, 0) is 60.9 Å². The Morgan fingerprint density at radius 3 is 2.43 bits per heavy atom. The smallest absolute Gasteiger partial charge is 0.328 e. The number of ether oxygens (including phenoxy) is 2. The number of carbonyl (C=O) groups excluding carboxylic acids is 1. The highest BCUT2D eigenvalue weighted by molar-refractivity contribution is 5.94. The highest BCUT2D eigenvalue weighted by Crippen LogP contribution is 2.22. The van der Waals surface area contributed by atoms with Crippen LogP contribution >= 0.6 is 0 Å². The molecule has 0 aliphatic heterocycles. The quantitative estimate of drug-likeness (QED) is 0.268. The van der Waals surface area contributed by atoms with Crippen LogP contribution in [0, 0.1) is 0 Å². The Morgan fingerprint density at radius 1 is 1.07 bits per heavy atom. The fraction of sp³-hybridized carbons (Fsp3) is 0.217. The van der Waals surface area contributed by atoms with Crippen molar-refractivity contribution in [1.82, 2.24) is 0 Å². The van der Waals surface area contributed by atoms with E-state index in [0.717, 1.165) is 23.0 Å². The first-order chi connectivity index (χ1) is 13.5. The van der Waals surface area contributed by atoms with Crippen molar-refractivity contribution >= 4 is 17.8 Å². The summed E-state index contributed by atoms with van der Waals surface area (Å²) in [6.07, 6.45) is 5.73. The molecule has 2 aromatic carbocycles. The van der Waals surface area contributed by atoms with Crippen LogP contribution in [0.3, 0.4) is 0 Å². The zero-order valence-corrected chi connectivity index (χ0v) is 15.9. The van der Waals surface area contributed by atoms with E-state index in [1.807, 2.05) is 12.1 Å². The molecule has 0 unspecified atom stereocenters. The number of hydrogen-bond donors (Lipinski definition) is 1. The molecule has 0 heterocycles. The second kappa shape index (κ2) is 10.7. The number of carbonyl (C=O) groups is 2. The molecule has 5 heteroatoms. The van der Waals surface area contributed by atoms with E-state index in [2.05, 4.69) is 6.58 Å². The summed E-state index contributed by atoms with van der Waals surface area (Å²) in [4.78, 5) is 22.0. The van der Waals surface area contributed by atoms with E-state index >= 15 is 0 Å². The van der Waals surface area contributed by atoms with Crippen LogP contribution in [0.25, 0.3) is 6.08 Å². The van der Waals surface area contributed by atoms with Gasteiger partial charge in [0.2, 0.25) is 0 Å². The first kappa shape index (κ1) is 21.0. The van der Waals surface area contributed by atoms with Gasteiger partial charge in [-0.3, -0.25) is 4.79 Å². The number of rotatable bonds is 11. The van der Waals surface area contributed by atoms with E-state index in [4.69, 9.17) is 14.6 Å². The minimum atomic E-state index is -0.979. The predicted molar refractivity (Wildman–Crippen MR) is 109 cm³/mol. The lowest BCUT2D eigenvalue weighted by molar-refractivity contribution is -0.131. The van der Waals surface area contributed by atoms with Crippen LogP contribution in [0.15, 0.2) is 61.2 Å². The molecule has 5 nitrogen and oxygen atoms in total. The maximum atomic E-state index is 11.5. The van der Waals surface area contributed by atoms with Crippen molar-refractivity contribution in [2.75, 3.05) is 13.2 Å². The van der Waals surface area contributed by atoms with Gasteiger partial charge in [0.05, 0.1) is 13.2 Å². The molecule has 0 saturated heterocycles. The molecule has 1 N–H and O–H groups in total. The van der Waals surface area contributed by atoms with Crippen molar-refractivity contribution in [3.05, 3.63) is 77.9 Å². The Kier molecular flexibility index (Phi) is 8.03. The van der Waals surface area contributed by atoms with Gasteiger partial charge in [0.25, 0.3) is 0 Å². The zero-order chi connectivity index (χ0) is 20.4. The molecule has 0 aliphatic rings. The number of carboxylic acid groups (broad SMARTS) is 1. The monoisotopic (exact) mass is 380 g/mol. The van der Waals surface area contributed by atoms with Crippen molar-refractivity contribution < 1.29 is 24.2 Å². The molecule has 2 aromatic rings. The number of aliphatic carboxylic acids is 1. The topological polar surface area (TPSA) is 72.8 Å². The molecular formula is C23H24O5. The molecule has 0 amide bonds. The molecule has 146 valence electrons. The maximum absolute atomic E-state index is 11.5. The van der Waals surface area contributed by atoms with Crippen LogP contribution in [0.4, 0.5) is 0 Å². The standard InChI is InChI=1S/C23H24O5/c1-3-5-20-16-19(17(2)24)9-12-22(20)28-15-4-14-27-21-10-6-18(7-11-21)8-13-23(25)26/h3,6-13,16H,1,4-5,14-15H2,2H3,(H,25,26). The van der Waals surface area contributed by atoms with Crippen molar-refractivity contribution in [3.8, 4) is 11.5 Å². The summed E-state index contributed by atoms with van der Waals surface area (Å²) < 4.78 is 11.5. The third-order valence-corrected chi connectivity index (χ3v) is 3.94. The van der Waals surface area contributed by atoms with E-state index in [0.29, 0.717) is 37.4 Å². The summed E-state index contributed by atoms with van der Waals surface area (Å²) in [6.45, 7) is 6.27. The Balaban J connectivity index is 1.80. The molecule has 0 saturated carbocycles. The lowest BCUT2D eigenvalue weighted by Gasteiger charge is -2.12. The molecule has 0 aliphatic carbocycles. The summed E-state index contributed by atoms with van der Waals surface area (Å²) in [5, 5.41) is 8.62. The Bertz CT molecular complexity index is 850. The fourth-order valence-corrected chi connectivity index (χ4v) is 2.53. The number of carboxylic acids is 1. The Labute approximate surface area is 164 Å². The Hall–Kier alpha value is -3.34. The van der Waals surface area contributed by atoms with E-state index in [1.54, 1.807) is 43.3 Å². The number of hydrogen-bond acceptors (Lipinski definition) is 4. The summed E-state index contributed by atoms with van der Waals surface area (Å²) in [7, 11) is 0. The van der Waals surface area contributed by atoms with Crippen LogP contribution in [0.2, 0.25) is 0 Å². The molecule has 0 fully saturated rings. The van der Waals surface area contributed by atoms with Crippen molar-refractivity contribution in [2.45, 2.75) is 19.8 Å². The molecule has 0 atom stereocenters. The van der Waals surface area contributed by atoms with Crippen LogP contribution < -0.4 is 9.47 Å². The molecule has 0 aromatic heterocycles. The molecule has 28 heavy (non-hydrogen) atoms. The molecular weight excluding hydrogens is 356 g/mol. The Morgan fingerprint density at radius 2 is 1.79 bits per heavy atom. The van der Waals surface area contributed by atoms with Crippen molar-refractivity contribution in [2.24, 2.45) is 0 Å². The van der Waals surface area contributed by atoms with E-state index in [1.165, 1.54) is 6.08 Å². The van der Waals surface area contributed by atoms with E-state index in [9.17, 15) is 9.59 Å². The molecule has 2 rings (SSSR count). The van der Waals surface area contributed by atoms with Crippen LogP contribution in [0.1, 0.15) is 34.8 Å². The fourth-order valence-electron chi connectivity index (χ4n) is 2.53. The number of ketones is 1. The van der Waals surface area contributed by atoms with Crippen molar-refractivity contribution in [3.63, 3.8) is 0 Å². The second-order valence-corrected chi connectivity index (χ2v) is 6.16. The van der Waals surface area contributed by atoms with Gasteiger partial charge in [0, 0.05) is 18.1 Å². The van der Waals surface area contributed by atoms with Gasteiger partial charge in [0.1, 0.15) is 11.5 Å². The third-order valence-electron chi connectivity index (χ3n) is 3.94. The van der Waals surface area contributed by atoms with Crippen molar-refractivity contribution in [1.29, 1.82) is 0 Å². The van der Waals surface area contributed by atoms with Crippen LogP contribution in [-0.2, 0) is 11.2 Å². The highest BCUT2D eigenvalue weighted by Gasteiger charge is 2.07. The normalized spacial score (nSPS) is 10.6. The summed E-state index contributed by atoms with van der Waals surface area (Å²) >= 11 is 0. The van der Waals surface area contributed by atoms with E-state index in [-0.39, 0.29) is 5.78 Å². The van der Waals surface area contributed by atoms with Gasteiger partial charge in [-0.15, -0.1) is 6.58 Å². The van der Waals surface area contributed by atoms with Gasteiger partial charge in [-0.25, -0.2) is 4.79 Å². The third kappa shape index (κ3) is 6.76. The lowest BCUT2D eigenvalue weighted by atomic mass is 10.0. The number of allylic oxidation sites excluding steroid dienone is 1. The molecule has 0 spiro atoms. The van der Waals surface area contributed by atoms with E-state index < -0.39 is 5.97 Å². The maximum Gasteiger partial charge on any atom is 0.328 e. The van der Waals surface area contributed by atoms with Crippen LogP contribution in [0.5, 0.6) is 11.5 Å². The second-order valence-electron chi connectivity index (χ2n) is 6.16. The first-order valence-corrected chi connectivity index (χ1v) is 9.01. The van der Waals surface area contributed by atoms with Gasteiger partial charge in [-0.1, -0.05) is 18.2 Å². The minimum absolute atomic E-state index is 0.0229. The van der Waals surface area contributed by atoms with Gasteiger partial charge >= 0.3 is 5.97 Å². The lowest BCUT2D eigenvalue weighted by Crippen LogP contribution is -2.06. The number of Topliss-reactive ketones (excluding diaryl/α,β-unsaturated/α-hetero) is 1. The SMILES string of the molecule is C=CCc1cc(C(C)=O)ccc1OCCCOc1ccc(C=CC(=O)O)cc1. The number of benzene rings is 2. The zero-order valence-electron chi connectivity index (χ0n) is 15.9. The largest absolute Gasteiger partial charge is 0.493 e. The minimum Gasteiger partial charge on any atom is -0.493 e. The van der Waals surface area contributed by atoms with Crippen LogP contribution in [-0.4, -0.2) is 30.1 Å². The highest BCUT2D eigenvalue weighted by atomic mass is 16.5. The summed E-state index contributed by atoms with van der Waals surface area (Å²) in [6, 6.07) is 12.6. The first-order valence-electron chi connectivity index (χ1n) is 9.01.